The summed E-state index contributed by atoms with van der Waals surface area (Å²) in [5.74, 6) is 2.51. The second kappa shape index (κ2) is 14.4. The molecule has 1 aliphatic carbocycles. The van der Waals surface area contributed by atoms with E-state index in [1.807, 2.05) is 12.1 Å². The highest BCUT2D eigenvalue weighted by atomic mass is 19.1. The summed E-state index contributed by atoms with van der Waals surface area (Å²) in [5, 5.41) is 0. The number of halogens is 1. The van der Waals surface area contributed by atoms with Gasteiger partial charge in [0.25, 0.3) is 0 Å². The van der Waals surface area contributed by atoms with Gasteiger partial charge in [0, 0.05) is 37.3 Å². The van der Waals surface area contributed by atoms with Crippen molar-refractivity contribution in [1.82, 2.24) is 9.88 Å². The van der Waals surface area contributed by atoms with Gasteiger partial charge in [-0.15, -0.1) is 0 Å². The van der Waals surface area contributed by atoms with E-state index in [4.69, 9.17) is 9.40 Å². The molecule has 1 saturated heterocycles. The molecule has 1 saturated carbocycles. The van der Waals surface area contributed by atoms with Crippen LogP contribution in [0.25, 0.3) is 0 Å². The van der Waals surface area contributed by atoms with Gasteiger partial charge in [-0.1, -0.05) is 60.7 Å². The molecule has 244 valence electrons. The van der Waals surface area contributed by atoms with E-state index in [2.05, 4.69) is 110 Å². The predicted molar refractivity (Wildman–Crippen MR) is 187 cm³/mol. The van der Waals surface area contributed by atoms with Crippen molar-refractivity contribution < 1.29 is 8.81 Å². The van der Waals surface area contributed by atoms with E-state index in [1.54, 1.807) is 12.1 Å². The Morgan fingerprint density at radius 2 is 1.33 bits per heavy atom. The molecular formula is C40H51FN4O. The molecule has 1 aliphatic heterocycles. The van der Waals surface area contributed by atoms with Crippen LogP contribution < -0.4 is 9.80 Å². The van der Waals surface area contributed by atoms with Crippen molar-refractivity contribution in [2.24, 2.45) is 11.8 Å². The van der Waals surface area contributed by atoms with Gasteiger partial charge in [0.15, 0.2) is 0 Å². The molecule has 6 rings (SSSR count). The Labute approximate surface area is 275 Å². The van der Waals surface area contributed by atoms with Crippen LogP contribution in [0, 0.1) is 17.7 Å². The fourth-order valence-electron chi connectivity index (χ4n) is 8.35. The third kappa shape index (κ3) is 7.02. The fourth-order valence-corrected chi connectivity index (χ4v) is 8.35. The normalized spacial score (nSPS) is 23.3. The van der Waals surface area contributed by atoms with E-state index in [-0.39, 0.29) is 17.9 Å². The summed E-state index contributed by atoms with van der Waals surface area (Å²) in [6.07, 6.45) is 8.73. The zero-order valence-electron chi connectivity index (χ0n) is 28.3. The first kappa shape index (κ1) is 32.3. The lowest BCUT2D eigenvalue weighted by Crippen LogP contribution is -2.44. The number of para-hydroxylation sites is 1. The molecule has 2 fully saturated rings. The van der Waals surface area contributed by atoms with E-state index in [0.29, 0.717) is 23.9 Å². The van der Waals surface area contributed by atoms with Crippen molar-refractivity contribution in [2.45, 2.75) is 89.4 Å². The van der Waals surface area contributed by atoms with Crippen molar-refractivity contribution >= 4 is 11.6 Å². The molecule has 6 heteroatoms. The highest BCUT2D eigenvalue weighted by Gasteiger charge is 2.39. The average molecular weight is 623 g/mol. The highest BCUT2D eigenvalue weighted by Crippen LogP contribution is 2.46. The van der Waals surface area contributed by atoms with Crippen LogP contribution in [0.5, 0.6) is 0 Å². The molecule has 4 unspecified atom stereocenters. The van der Waals surface area contributed by atoms with E-state index in [0.717, 1.165) is 49.6 Å². The molecule has 0 N–H and O–H groups in total. The monoisotopic (exact) mass is 622 g/mol. The number of hydrogen-bond donors (Lipinski definition) is 0. The minimum Gasteiger partial charge on any atom is -0.423 e. The Balaban J connectivity index is 1.34. The first-order valence-corrected chi connectivity index (χ1v) is 17.3. The molecule has 2 aliphatic rings. The largest absolute Gasteiger partial charge is 0.423 e. The molecule has 4 aromatic rings. The first-order valence-electron chi connectivity index (χ1n) is 17.3. The zero-order valence-corrected chi connectivity index (χ0v) is 28.3. The van der Waals surface area contributed by atoms with Gasteiger partial charge >= 0.3 is 0 Å². The van der Waals surface area contributed by atoms with Gasteiger partial charge in [0.1, 0.15) is 17.6 Å². The molecule has 0 bridgehead atoms. The minimum absolute atomic E-state index is 0.0191. The molecule has 1 aromatic heterocycles. The fraction of sp³-hybridized carbons (Fsp3) is 0.475. The molecule has 5 nitrogen and oxygen atoms in total. The maximum atomic E-state index is 13.8. The summed E-state index contributed by atoms with van der Waals surface area (Å²) in [4.78, 5) is 12.6. The van der Waals surface area contributed by atoms with Crippen molar-refractivity contribution in [3.05, 3.63) is 113 Å². The lowest BCUT2D eigenvalue weighted by molar-refractivity contribution is 0.135. The number of hydrogen-bond acceptors (Lipinski definition) is 5. The Morgan fingerprint density at radius 3 is 1.91 bits per heavy atom. The van der Waals surface area contributed by atoms with Gasteiger partial charge in [-0.25, -0.2) is 9.37 Å². The highest BCUT2D eigenvalue weighted by molar-refractivity contribution is 5.50. The maximum absolute atomic E-state index is 13.8. The van der Waals surface area contributed by atoms with Crippen LogP contribution in [0.2, 0.25) is 0 Å². The summed E-state index contributed by atoms with van der Waals surface area (Å²) in [6, 6.07) is 29.6. The van der Waals surface area contributed by atoms with Crippen LogP contribution in [0.4, 0.5) is 16.0 Å². The van der Waals surface area contributed by atoms with Gasteiger partial charge in [-0.3, -0.25) is 0 Å². The molecule has 0 amide bonds. The van der Waals surface area contributed by atoms with E-state index >= 15 is 0 Å². The minimum atomic E-state index is -0.179. The van der Waals surface area contributed by atoms with Crippen LogP contribution in [-0.4, -0.2) is 43.1 Å². The summed E-state index contributed by atoms with van der Waals surface area (Å²) in [5.41, 5.74) is 4.67. The van der Waals surface area contributed by atoms with Crippen LogP contribution in [0.3, 0.4) is 0 Å². The second-order valence-corrected chi connectivity index (χ2v) is 14.0. The lowest BCUT2D eigenvalue weighted by atomic mass is 9.73. The summed E-state index contributed by atoms with van der Waals surface area (Å²) < 4.78 is 20.8. The van der Waals surface area contributed by atoms with Crippen LogP contribution in [0.15, 0.2) is 89.3 Å². The Morgan fingerprint density at radius 1 is 0.761 bits per heavy atom. The van der Waals surface area contributed by atoms with Crippen molar-refractivity contribution in [2.75, 3.05) is 30.9 Å². The third-order valence-corrected chi connectivity index (χ3v) is 10.6. The topological polar surface area (TPSA) is 35.8 Å². The molecular weight excluding hydrogens is 571 g/mol. The van der Waals surface area contributed by atoms with E-state index in [1.165, 1.54) is 36.1 Å². The SMILES string of the molecule is CC1CCCC(C)N1c1oc(C(C2CCC(C(c3ccc(F)cc3)N(C)C)CC2)N(C)c2ccccc2)nc1Cc1ccccc1. The van der Waals surface area contributed by atoms with E-state index in [9.17, 15) is 4.39 Å². The number of nitrogens with zero attached hydrogens (tertiary/aromatic N) is 4. The molecule has 2 heterocycles. The smallest absolute Gasteiger partial charge is 0.220 e. The molecule has 3 aromatic carbocycles. The molecule has 46 heavy (non-hydrogen) atoms. The third-order valence-electron chi connectivity index (χ3n) is 10.6. The lowest BCUT2D eigenvalue weighted by Gasteiger charge is -2.41. The number of aromatic nitrogens is 1. The molecule has 0 spiro atoms. The van der Waals surface area contributed by atoms with Crippen molar-refractivity contribution in [1.29, 1.82) is 0 Å². The number of piperidine rings is 1. The van der Waals surface area contributed by atoms with Gasteiger partial charge in [-0.2, -0.15) is 0 Å². The first-order chi connectivity index (χ1) is 22.3. The molecule has 0 radical (unpaired) electrons. The number of oxazole rings is 1. The summed E-state index contributed by atoms with van der Waals surface area (Å²) >= 11 is 0. The Bertz CT molecular complexity index is 1500. The van der Waals surface area contributed by atoms with Gasteiger partial charge in [0.2, 0.25) is 11.8 Å². The average Bonchev–Trinajstić information content (AvgIpc) is 3.45. The van der Waals surface area contributed by atoms with Crippen LogP contribution in [-0.2, 0) is 6.42 Å². The summed E-state index contributed by atoms with van der Waals surface area (Å²) in [7, 11) is 6.51. The Hall–Kier alpha value is -3.64. The standard InChI is InChI=1S/C40H51FN4O/c1-28-13-12-14-29(2)45(28)40-36(27-30-15-8-6-9-16-30)42-39(46-40)38(44(5)35-17-10-7-11-18-35)33-21-19-31(20-22-33)37(43(3)4)32-23-25-34(41)26-24-32/h6-11,15-18,23-26,28-29,31,33,37-38H,12-14,19-22,27H2,1-5H3. The Kier molecular flexibility index (Phi) is 10.1. The van der Waals surface area contributed by atoms with Gasteiger partial charge in [-0.05, 0) is 120 Å². The van der Waals surface area contributed by atoms with Gasteiger partial charge < -0.3 is 19.1 Å². The van der Waals surface area contributed by atoms with Crippen LogP contribution >= 0.6 is 0 Å². The maximum Gasteiger partial charge on any atom is 0.220 e. The summed E-state index contributed by atoms with van der Waals surface area (Å²) in [6.45, 7) is 4.67. The zero-order chi connectivity index (χ0) is 32.2. The number of anilines is 2. The number of benzene rings is 3. The predicted octanol–water partition coefficient (Wildman–Crippen LogP) is 9.46. The van der Waals surface area contributed by atoms with Crippen LogP contribution in [0.1, 0.15) is 93.6 Å². The van der Waals surface area contributed by atoms with Gasteiger partial charge in [0.05, 0.1) is 0 Å². The molecule has 4 atom stereocenters. The van der Waals surface area contributed by atoms with Crippen molar-refractivity contribution in [3.63, 3.8) is 0 Å². The van der Waals surface area contributed by atoms with Crippen molar-refractivity contribution in [3.8, 4) is 0 Å². The quantitative estimate of drug-likeness (QED) is 0.176. The van der Waals surface area contributed by atoms with E-state index < -0.39 is 0 Å². The number of rotatable bonds is 10. The second-order valence-electron chi connectivity index (χ2n) is 14.0.